The normalized spacial score (nSPS) is 26.6. The van der Waals surface area contributed by atoms with Gasteiger partial charge in [-0.25, -0.2) is 0 Å². The SMILES string of the molecule is CC(C)COCCNCC1CC(O)C1. The Labute approximate surface area is 86.8 Å². The zero-order valence-electron chi connectivity index (χ0n) is 9.33. The Hall–Kier alpha value is -0.120. The van der Waals surface area contributed by atoms with Gasteiger partial charge in [0.15, 0.2) is 0 Å². The van der Waals surface area contributed by atoms with E-state index in [2.05, 4.69) is 19.2 Å². The molecule has 0 aliphatic heterocycles. The first-order chi connectivity index (χ1) is 6.68. The Morgan fingerprint density at radius 3 is 2.71 bits per heavy atom. The standard InChI is InChI=1S/C11H23NO2/c1-9(2)8-14-4-3-12-7-10-5-11(13)6-10/h9-13H,3-8H2,1-2H3. The molecule has 14 heavy (non-hydrogen) atoms. The number of nitrogens with one attached hydrogen (secondary N) is 1. The molecule has 1 aliphatic carbocycles. The lowest BCUT2D eigenvalue weighted by molar-refractivity contribution is 0.0414. The second-order valence-electron chi connectivity index (χ2n) is 4.66. The fraction of sp³-hybridized carbons (Fsp3) is 1.00. The van der Waals surface area contributed by atoms with Gasteiger partial charge in [-0.2, -0.15) is 0 Å². The molecule has 0 aromatic rings. The van der Waals surface area contributed by atoms with Crippen LogP contribution in [0, 0.1) is 11.8 Å². The summed E-state index contributed by atoms with van der Waals surface area (Å²) in [4.78, 5) is 0. The smallest absolute Gasteiger partial charge is 0.0591 e. The molecule has 0 atom stereocenters. The van der Waals surface area contributed by atoms with E-state index in [0.29, 0.717) is 11.8 Å². The van der Waals surface area contributed by atoms with Crippen molar-refractivity contribution in [2.24, 2.45) is 11.8 Å². The number of ether oxygens (including phenoxy) is 1. The Kier molecular flexibility index (Phi) is 5.45. The molecule has 0 unspecified atom stereocenters. The van der Waals surface area contributed by atoms with Gasteiger partial charge in [0.05, 0.1) is 12.7 Å². The van der Waals surface area contributed by atoms with E-state index in [-0.39, 0.29) is 6.10 Å². The van der Waals surface area contributed by atoms with Crippen molar-refractivity contribution in [2.45, 2.75) is 32.8 Å². The van der Waals surface area contributed by atoms with Crippen molar-refractivity contribution in [1.29, 1.82) is 0 Å². The lowest BCUT2D eigenvalue weighted by Gasteiger charge is -2.31. The molecular weight excluding hydrogens is 178 g/mol. The van der Waals surface area contributed by atoms with Gasteiger partial charge in [0, 0.05) is 13.2 Å². The van der Waals surface area contributed by atoms with Gasteiger partial charge in [-0.15, -0.1) is 0 Å². The zero-order valence-corrected chi connectivity index (χ0v) is 9.33. The second kappa shape index (κ2) is 6.38. The molecular formula is C11H23NO2. The summed E-state index contributed by atoms with van der Waals surface area (Å²) < 4.78 is 5.44. The van der Waals surface area contributed by atoms with Crippen molar-refractivity contribution in [1.82, 2.24) is 5.32 Å². The first kappa shape index (κ1) is 12.0. The van der Waals surface area contributed by atoms with Crippen molar-refractivity contribution < 1.29 is 9.84 Å². The van der Waals surface area contributed by atoms with Crippen LogP contribution < -0.4 is 5.32 Å². The summed E-state index contributed by atoms with van der Waals surface area (Å²) in [7, 11) is 0. The number of aliphatic hydroxyl groups excluding tert-OH is 1. The van der Waals surface area contributed by atoms with E-state index in [0.717, 1.165) is 39.1 Å². The van der Waals surface area contributed by atoms with Crippen LogP contribution in [0.3, 0.4) is 0 Å². The number of rotatable bonds is 7. The van der Waals surface area contributed by atoms with E-state index >= 15 is 0 Å². The molecule has 0 radical (unpaired) electrons. The molecule has 1 fully saturated rings. The van der Waals surface area contributed by atoms with Crippen molar-refractivity contribution in [2.75, 3.05) is 26.3 Å². The molecule has 1 saturated carbocycles. The van der Waals surface area contributed by atoms with Crippen LogP contribution in [-0.4, -0.2) is 37.5 Å². The van der Waals surface area contributed by atoms with Crippen LogP contribution in [0.15, 0.2) is 0 Å². The van der Waals surface area contributed by atoms with Gasteiger partial charge in [-0.1, -0.05) is 13.8 Å². The third-order valence-corrected chi connectivity index (χ3v) is 2.52. The molecule has 0 aromatic carbocycles. The molecule has 3 nitrogen and oxygen atoms in total. The topological polar surface area (TPSA) is 41.5 Å². The largest absolute Gasteiger partial charge is 0.393 e. The lowest BCUT2D eigenvalue weighted by Crippen LogP contribution is -2.37. The molecule has 0 saturated heterocycles. The third kappa shape index (κ3) is 4.94. The van der Waals surface area contributed by atoms with Crippen molar-refractivity contribution in [3.63, 3.8) is 0 Å². The highest BCUT2D eigenvalue weighted by atomic mass is 16.5. The Balaban J connectivity index is 1.76. The van der Waals surface area contributed by atoms with Crippen LogP contribution >= 0.6 is 0 Å². The molecule has 1 rings (SSSR count). The van der Waals surface area contributed by atoms with Gasteiger partial charge in [0.2, 0.25) is 0 Å². The predicted molar refractivity (Wildman–Crippen MR) is 57.3 cm³/mol. The first-order valence-corrected chi connectivity index (χ1v) is 5.65. The number of hydrogen-bond acceptors (Lipinski definition) is 3. The Morgan fingerprint density at radius 2 is 2.14 bits per heavy atom. The highest BCUT2D eigenvalue weighted by Crippen LogP contribution is 2.25. The lowest BCUT2D eigenvalue weighted by atomic mass is 9.82. The maximum absolute atomic E-state index is 9.07. The predicted octanol–water partition coefficient (Wildman–Crippen LogP) is 1.02. The van der Waals surface area contributed by atoms with E-state index in [1.54, 1.807) is 0 Å². The molecule has 1 aliphatic rings. The summed E-state index contributed by atoms with van der Waals surface area (Å²) in [6.07, 6.45) is 1.92. The van der Waals surface area contributed by atoms with Crippen LogP contribution in [0.4, 0.5) is 0 Å². The summed E-state index contributed by atoms with van der Waals surface area (Å²) in [5.74, 6) is 1.31. The van der Waals surface area contributed by atoms with Crippen LogP contribution in [0.2, 0.25) is 0 Å². The molecule has 0 amide bonds. The zero-order chi connectivity index (χ0) is 10.4. The molecule has 84 valence electrons. The minimum absolute atomic E-state index is 0.0287. The van der Waals surface area contributed by atoms with Gasteiger partial charge in [-0.05, 0) is 31.2 Å². The minimum atomic E-state index is -0.0287. The summed E-state index contributed by atoms with van der Waals surface area (Å²) in [6, 6.07) is 0. The monoisotopic (exact) mass is 201 g/mol. The summed E-state index contributed by atoms with van der Waals surface area (Å²) >= 11 is 0. The summed E-state index contributed by atoms with van der Waals surface area (Å²) in [5.41, 5.74) is 0. The third-order valence-electron chi connectivity index (χ3n) is 2.52. The molecule has 0 bridgehead atoms. The highest BCUT2D eigenvalue weighted by Gasteiger charge is 2.26. The van der Waals surface area contributed by atoms with Crippen LogP contribution in [-0.2, 0) is 4.74 Å². The van der Waals surface area contributed by atoms with E-state index in [4.69, 9.17) is 9.84 Å². The molecule has 3 heteroatoms. The maximum Gasteiger partial charge on any atom is 0.0591 e. The Bertz CT molecular complexity index is 144. The molecule has 0 aromatic heterocycles. The number of hydrogen-bond donors (Lipinski definition) is 2. The highest BCUT2D eigenvalue weighted by molar-refractivity contribution is 4.79. The first-order valence-electron chi connectivity index (χ1n) is 5.65. The van der Waals surface area contributed by atoms with E-state index in [1.165, 1.54) is 0 Å². The van der Waals surface area contributed by atoms with Gasteiger partial charge >= 0.3 is 0 Å². The molecule has 2 N–H and O–H groups in total. The fourth-order valence-corrected chi connectivity index (χ4v) is 1.64. The minimum Gasteiger partial charge on any atom is -0.393 e. The fourth-order valence-electron chi connectivity index (χ4n) is 1.64. The van der Waals surface area contributed by atoms with E-state index in [9.17, 15) is 0 Å². The summed E-state index contributed by atoms with van der Waals surface area (Å²) in [5, 5.41) is 12.4. The molecule has 0 heterocycles. The van der Waals surface area contributed by atoms with Crippen molar-refractivity contribution in [3.8, 4) is 0 Å². The van der Waals surface area contributed by atoms with Crippen LogP contribution in [0.5, 0.6) is 0 Å². The maximum atomic E-state index is 9.07. The van der Waals surface area contributed by atoms with E-state index < -0.39 is 0 Å². The average molecular weight is 201 g/mol. The van der Waals surface area contributed by atoms with Gasteiger partial charge in [-0.3, -0.25) is 0 Å². The van der Waals surface area contributed by atoms with Crippen molar-refractivity contribution in [3.05, 3.63) is 0 Å². The van der Waals surface area contributed by atoms with Gasteiger partial charge < -0.3 is 15.2 Å². The average Bonchev–Trinajstić information content (AvgIpc) is 2.07. The van der Waals surface area contributed by atoms with Crippen LogP contribution in [0.25, 0.3) is 0 Å². The summed E-state index contributed by atoms with van der Waals surface area (Å²) in [6.45, 7) is 7.92. The Morgan fingerprint density at radius 1 is 1.43 bits per heavy atom. The van der Waals surface area contributed by atoms with Gasteiger partial charge in [0.1, 0.15) is 0 Å². The van der Waals surface area contributed by atoms with Crippen LogP contribution in [0.1, 0.15) is 26.7 Å². The number of aliphatic hydroxyl groups is 1. The van der Waals surface area contributed by atoms with Gasteiger partial charge in [0.25, 0.3) is 0 Å². The van der Waals surface area contributed by atoms with E-state index in [1.807, 2.05) is 0 Å². The second-order valence-corrected chi connectivity index (χ2v) is 4.66. The van der Waals surface area contributed by atoms with Crippen molar-refractivity contribution >= 4 is 0 Å². The quantitative estimate of drug-likeness (QED) is 0.604. The molecule has 0 spiro atoms.